The molecule has 1 aliphatic heterocycles. The van der Waals surface area contributed by atoms with Gasteiger partial charge in [-0.05, 0) is 69.2 Å². The normalized spacial score (nSPS) is 22.6. The second-order valence-electron chi connectivity index (χ2n) is 8.85. The second-order valence-corrected chi connectivity index (χ2v) is 8.85. The van der Waals surface area contributed by atoms with Crippen LogP contribution in [0.2, 0.25) is 0 Å². The lowest BCUT2D eigenvalue weighted by Gasteiger charge is -2.31. The molecule has 1 saturated carbocycles. The minimum Gasteiger partial charge on any atom is -0.492 e. The summed E-state index contributed by atoms with van der Waals surface area (Å²) >= 11 is 0. The molecule has 1 heterocycles. The maximum absolute atomic E-state index is 6.03. The van der Waals surface area contributed by atoms with Crippen LogP contribution in [0.25, 0.3) is 0 Å². The standard InChI is InChI=1S/C24H40N4O2.HI/c1-19-7-9-21(10-8-19)27-24(25-2)26-18-20-5-4-6-23(17-20)30-16-13-28(3)22-11-14-29-15-12-22;/h4-6,17,19,21-22H,7-16,18H2,1-3H3,(H2,25,26,27);1H. The van der Waals surface area contributed by atoms with Crippen LogP contribution in [0.3, 0.4) is 0 Å². The summed E-state index contributed by atoms with van der Waals surface area (Å²) in [5.41, 5.74) is 1.20. The molecule has 176 valence electrons. The smallest absolute Gasteiger partial charge is 0.191 e. The number of benzene rings is 1. The molecule has 1 aromatic rings. The molecule has 1 aliphatic carbocycles. The average Bonchev–Trinajstić information content (AvgIpc) is 2.79. The maximum atomic E-state index is 6.03. The van der Waals surface area contributed by atoms with Crippen LogP contribution in [-0.4, -0.2) is 63.4 Å². The Morgan fingerprint density at radius 2 is 1.90 bits per heavy atom. The van der Waals surface area contributed by atoms with Gasteiger partial charge in [0.1, 0.15) is 12.4 Å². The van der Waals surface area contributed by atoms with Gasteiger partial charge in [0.2, 0.25) is 0 Å². The Morgan fingerprint density at radius 1 is 1.16 bits per heavy atom. The minimum absolute atomic E-state index is 0. The predicted molar refractivity (Wildman–Crippen MR) is 139 cm³/mol. The Labute approximate surface area is 205 Å². The molecule has 31 heavy (non-hydrogen) atoms. The van der Waals surface area contributed by atoms with Crippen molar-refractivity contribution in [1.82, 2.24) is 15.5 Å². The van der Waals surface area contributed by atoms with Gasteiger partial charge in [0.25, 0.3) is 0 Å². The summed E-state index contributed by atoms with van der Waals surface area (Å²) in [7, 11) is 4.03. The van der Waals surface area contributed by atoms with E-state index in [1.165, 1.54) is 31.2 Å². The fourth-order valence-corrected chi connectivity index (χ4v) is 4.34. The van der Waals surface area contributed by atoms with Crippen molar-refractivity contribution in [2.24, 2.45) is 10.9 Å². The van der Waals surface area contributed by atoms with E-state index in [9.17, 15) is 0 Å². The van der Waals surface area contributed by atoms with Crippen molar-refractivity contribution in [3.63, 3.8) is 0 Å². The first kappa shape index (κ1) is 26.2. The zero-order valence-electron chi connectivity index (χ0n) is 19.4. The third-order valence-electron chi connectivity index (χ3n) is 6.47. The van der Waals surface area contributed by atoms with Crippen molar-refractivity contribution in [1.29, 1.82) is 0 Å². The molecular formula is C24H41IN4O2. The number of nitrogens with one attached hydrogen (secondary N) is 2. The molecule has 1 aromatic carbocycles. The van der Waals surface area contributed by atoms with Crippen molar-refractivity contribution in [2.75, 3.05) is 40.5 Å². The Balaban J connectivity index is 0.00000341. The van der Waals surface area contributed by atoms with Crippen LogP contribution in [0.4, 0.5) is 0 Å². The molecule has 0 atom stereocenters. The van der Waals surface area contributed by atoms with Crippen LogP contribution < -0.4 is 15.4 Å². The summed E-state index contributed by atoms with van der Waals surface area (Å²) in [6.07, 6.45) is 7.30. The molecule has 0 radical (unpaired) electrons. The Hall–Kier alpha value is -1.06. The summed E-state index contributed by atoms with van der Waals surface area (Å²) in [4.78, 5) is 6.80. The Morgan fingerprint density at radius 3 is 2.61 bits per heavy atom. The van der Waals surface area contributed by atoms with Crippen molar-refractivity contribution in [3.8, 4) is 5.75 Å². The molecule has 2 N–H and O–H groups in total. The van der Waals surface area contributed by atoms with Crippen LogP contribution in [0.1, 0.15) is 51.0 Å². The SMILES string of the molecule is CN=C(NCc1cccc(OCCN(C)C2CCOCC2)c1)NC1CCC(C)CC1.I. The van der Waals surface area contributed by atoms with Gasteiger partial charge in [-0.25, -0.2) is 0 Å². The third kappa shape index (κ3) is 9.14. The van der Waals surface area contributed by atoms with Gasteiger partial charge in [0.05, 0.1) is 0 Å². The highest BCUT2D eigenvalue weighted by molar-refractivity contribution is 14.0. The lowest BCUT2D eigenvalue weighted by atomic mass is 9.87. The summed E-state index contributed by atoms with van der Waals surface area (Å²) in [5.74, 6) is 2.68. The molecule has 0 spiro atoms. The molecule has 0 bridgehead atoms. The maximum Gasteiger partial charge on any atom is 0.191 e. The molecule has 0 unspecified atom stereocenters. The first-order valence-corrected chi connectivity index (χ1v) is 11.6. The van der Waals surface area contributed by atoms with Crippen LogP contribution >= 0.6 is 24.0 Å². The number of rotatable bonds is 8. The molecule has 3 rings (SSSR count). The van der Waals surface area contributed by atoms with E-state index in [-0.39, 0.29) is 24.0 Å². The van der Waals surface area contributed by atoms with E-state index in [1.54, 1.807) is 0 Å². The fourth-order valence-electron chi connectivity index (χ4n) is 4.34. The zero-order chi connectivity index (χ0) is 21.2. The molecule has 6 nitrogen and oxygen atoms in total. The number of halogens is 1. The number of guanidine groups is 1. The molecule has 0 aromatic heterocycles. The first-order chi connectivity index (χ1) is 14.6. The number of aliphatic imine (C=N–C) groups is 1. The average molecular weight is 545 g/mol. The summed E-state index contributed by atoms with van der Waals surface area (Å²) in [5, 5.41) is 7.03. The Bertz CT molecular complexity index is 659. The summed E-state index contributed by atoms with van der Waals surface area (Å²) < 4.78 is 11.5. The van der Waals surface area contributed by atoms with Crippen LogP contribution in [0, 0.1) is 5.92 Å². The molecular weight excluding hydrogens is 503 g/mol. The van der Waals surface area contributed by atoms with E-state index in [2.05, 4.69) is 52.7 Å². The summed E-state index contributed by atoms with van der Waals surface area (Å²) in [6.45, 7) is 6.48. The topological polar surface area (TPSA) is 58.1 Å². The zero-order valence-corrected chi connectivity index (χ0v) is 21.8. The Kier molecular flexibility index (Phi) is 12.0. The molecule has 1 saturated heterocycles. The van der Waals surface area contributed by atoms with E-state index < -0.39 is 0 Å². The van der Waals surface area contributed by atoms with Crippen LogP contribution in [0.5, 0.6) is 5.75 Å². The highest BCUT2D eigenvalue weighted by Gasteiger charge is 2.19. The molecule has 2 aliphatic rings. The highest BCUT2D eigenvalue weighted by Crippen LogP contribution is 2.23. The van der Waals surface area contributed by atoms with E-state index in [0.717, 1.165) is 56.8 Å². The van der Waals surface area contributed by atoms with E-state index in [1.807, 2.05) is 13.1 Å². The molecule has 2 fully saturated rings. The monoisotopic (exact) mass is 544 g/mol. The van der Waals surface area contributed by atoms with Gasteiger partial charge in [-0.2, -0.15) is 0 Å². The van der Waals surface area contributed by atoms with Crippen molar-refractivity contribution in [2.45, 2.75) is 64.1 Å². The van der Waals surface area contributed by atoms with Crippen molar-refractivity contribution < 1.29 is 9.47 Å². The quantitative estimate of drug-likeness (QED) is 0.294. The molecule has 7 heteroatoms. The number of likely N-dealkylation sites (N-methyl/N-ethyl adjacent to an activating group) is 1. The van der Waals surface area contributed by atoms with Gasteiger partial charge in [0.15, 0.2) is 5.96 Å². The van der Waals surface area contributed by atoms with Crippen LogP contribution in [0.15, 0.2) is 29.3 Å². The van der Waals surface area contributed by atoms with Gasteiger partial charge in [-0.15, -0.1) is 24.0 Å². The van der Waals surface area contributed by atoms with E-state index in [4.69, 9.17) is 9.47 Å². The highest BCUT2D eigenvalue weighted by atomic mass is 127. The van der Waals surface area contributed by atoms with Gasteiger partial charge < -0.3 is 20.1 Å². The second kappa shape index (κ2) is 14.2. The molecule has 0 amide bonds. The van der Waals surface area contributed by atoms with Gasteiger partial charge in [0, 0.05) is 45.4 Å². The predicted octanol–water partition coefficient (Wildman–Crippen LogP) is 4.04. The lowest BCUT2D eigenvalue weighted by Crippen LogP contribution is -2.44. The summed E-state index contributed by atoms with van der Waals surface area (Å²) in [6, 6.07) is 9.50. The third-order valence-corrected chi connectivity index (χ3v) is 6.47. The number of nitrogens with zero attached hydrogens (tertiary/aromatic N) is 2. The van der Waals surface area contributed by atoms with Gasteiger partial charge >= 0.3 is 0 Å². The minimum atomic E-state index is 0. The first-order valence-electron chi connectivity index (χ1n) is 11.6. The van der Waals surface area contributed by atoms with Crippen molar-refractivity contribution >= 4 is 29.9 Å². The lowest BCUT2D eigenvalue weighted by molar-refractivity contribution is 0.0392. The number of hydrogen-bond donors (Lipinski definition) is 2. The largest absolute Gasteiger partial charge is 0.492 e. The number of hydrogen-bond acceptors (Lipinski definition) is 4. The van der Waals surface area contributed by atoms with E-state index in [0.29, 0.717) is 18.7 Å². The van der Waals surface area contributed by atoms with E-state index >= 15 is 0 Å². The van der Waals surface area contributed by atoms with Gasteiger partial charge in [-0.1, -0.05) is 19.1 Å². The van der Waals surface area contributed by atoms with Gasteiger partial charge in [-0.3, -0.25) is 9.89 Å². The van der Waals surface area contributed by atoms with Crippen molar-refractivity contribution in [3.05, 3.63) is 29.8 Å². The fraction of sp³-hybridized carbons (Fsp3) is 0.708. The van der Waals surface area contributed by atoms with Crippen LogP contribution in [-0.2, 0) is 11.3 Å². The number of ether oxygens (including phenoxy) is 2.